The zero-order chi connectivity index (χ0) is 33.1. The Balaban J connectivity index is 1.87. The molecule has 0 heterocycles. The Morgan fingerprint density at radius 1 is 0.733 bits per heavy atom. The van der Waals surface area contributed by atoms with Gasteiger partial charge < -0.3 is 24.8 Å². The van der Waals surface area contributed by atoms with E-state index in [9.17, 15) is 25.9 Å². The first-order valence-electron chi connectivity index (χ1n) is 12.4. The fraction of sp³-hybridized carbons (Fsp3) is 0.154. The molecule has 0 aromatic heterocycles. The minimum Gasteiger partial charge on any atom is -0.494 e. The molecule has 0 unspecified atom stereocenters. The zero-order valence-electron chi connectivity index (χ0n) is 23.9. The van der Waals surface area contributed by atoms with Crippen molar-refractivity contribution in [3.05, 3.63) is 48.5 Å². The maximum atomic E-state index is 12.4. The quantitative estimate of drug-likeness (QED) is 0.0430. The molecule has 5 N–H and O–H groups in total. The van der Waals surface area contributed by atoms with Gasteiger partial charge in [-0.3, -0.25) is 9.11 Å². The number of hydrogen-bond acceptors (Lipinski definition) is 15. The molecule has 0 aliphatic carbocycles. The highest BCUT2D eigenvalue weighted by Gasteiger charge is 2.25. The number of nitrogen functional groups attached to an aromatic ring is 1. The van der Waals surface area contributed by atoms with E-state index in [0.29, 0.717) is 16.3 Å². The Morgan fingerprint density at radius 2 is 1.27 bits per heavy atom. The molecule has 0 amide bonds. The third-order valence-corrected chi connectivity index (χ3v) is 8.13. The summed E-state index contributed by atoms with van der Waals surface area (Å²) in [7, 11) is -4.25. The predicted molar refractivity (Wildman–Crippen MR) is 166 cm³/mol. The van der Waals surface area contributed by atoms with Crippen LogP contribution in [-0.4, -0.2) is 54.3 Å². The van der Waals surface area contributed by atoms with Crippen LogP contribution in [0.15, 0.2) is 83.7 Å². The lowest BCUT2D eigenvalue weighted by atomic mass is 10.1. The van der Waals surface area contributed by atoms with Gasteiger partial charge in [-0.05, 0) is 41.8 Å². The number of hydroxylamine groups is 1. The summed E-state index contributed by atoms with van der Waals surface area (Å²) >= 11 is 4.32. The number of nitrogens with two attached hydrogens (primary N) is 1. The van der Waals surface area contributed by atoms with Gasteiger partial charge >= 0.3 is 0 Å². The molecule has 0 saturated heterocycles. The Labute approximate surface area is 262 Å². The van der Waals surface area contributed by atoms with Crippen LogP contribution in [0.5, 0.6) is 23.0 Å². The Morgan fingerprint density at radius 3 is 1.78 bits per heavy atom. The van der Waals surface area contributed by atoms with Gasteiger partial charge in [-0.15, -0.1) is 33.1 Å². The van der Waals surface area contributed by atoms with Crippen LogP contribution in [0, 0.1) is 0 Å². The molecule has 0 fully saturated rings. The molecule has 0 aliphatic rings. The van der Waals surface area contributed by atoms with Gasteiger partial charge in [-0.2, -0.15) is 22.3 Å². The number of hydrogen-bond donors (Lipinski definition) is 5. The van der Waals surface area contributed by atoms with Crippen LogP contribution in [-0.2, 0) is 20.2 Å². The van der Waals surface area contributed by atoms with Gasteiger partial charge in [0.05, 0.1) is 27.0 Å². The van der Waals surface area contributed by atoms with Crippen molar-refractivity contribution in [1.29, 1.82) is 0 Å². The van der Waals surface area contributed by atoms with E-state index < -0.39 is 35.7 Å². The first-order chi connectivity index (χ1) is 21.2. The summed E-state index contributed by atoms with van der Waals surface area (Å²) < 4.78 is 84.1. The Bertz CT molecular complexity index is 2070. The van der Waals surface area contributed by atoms with Crippen molar-refractivity contribution in [3.63, 3.8) is 0 Å². The van der Waals surface area contributed by atoms with Crippen LogP contribution in [0.25, 0.3) is 10.8 Å². The second-order valence-electron chi connectivity index (χ2n) is 8.87. The van der Waals surface area contributed by atoms with E-state index in [1.54, 1.807) is 25.2 Å². The molecule has 0 bridgehead atoms. The maximum Gasteiger partial charge on any atom is 0.296 e. The van der Waals surface area contributed by atoms with E-state index in [1.165, 1.54) is 33.5 Å². The predicted octanol–water partition coefficient (Wildman–Crippen LogP) is 5.57. The number of nitrogens with one attached hydrogen (secondary N) is 1. The number of fused-ring (bicyclic) bond motifs is 1. The van der Waals surface area contributed by atoms with Crippen LogP contribution < -0.4 is 30.3 Å². The van der Waals surface area contributed by atoms with Crippen LogP contribution >= 0.6 is 12.6 Å². The van der Waals surface area contributed by atoms with Crippen molar-refractivity contribution in [2.45, 2.75) is 14.7 Å². The smallest absolute Gasteiger partial charge is 0.296 e. The fourth-order valence-electron chi connectivity index (χ4n) is 4.11. The average molecular weight is 679 g/mol. The summed E-state index contributed by atoms with van der Waals surface area (Å²) in [4.78, 5) is 4.51. The number of nitrogens with zero attached hydrogens (tertiary/aromatic N) is 4. The molecule has 0 saturated carbocycles. The van der Waals surface area contributed by atoms with Gasteiger partial charge in [0.25, 0.3) is 20.2 Å². The number of ether oxygens (including phenoxy) is 3. The van der Waals surface area contributed by atoms with Crippen molar-refractivity contribution >= 4 is 72.1 Å². The lowest BCUT2D eigenvalue weighted by Gasteiger charge is -2.14. The summed E-state index contributed by atoms with van der Waals surface area (Å²) in [5, 5.41) is 16.7. The molecule has 0 radical (unpaired) electrons. The van der Waals surface area contributed by atoms with Gasteiger partial charge in [0, 0.05) is 29.5 Å². The first-order valence-corrected chi connectivity index (χ1v) is 15.7. The summed E-state index contributed by atoms with van der Waals surface area (Å²) in [6, 6.07) is 10.8. The van der Waals surface area contributed by atoms with Gasteiger partial charge in [-0.1, -0.05) is 0 Å². The fourth-order valence-corrected chi connectivity index (χ4v) is 5.60. The zero-order valence-corrected chi connectivity index (χ0v) is 26.4. The number of thiol groups is 1. The highest BCUT2D eigenvalue weighted by molar-refractivity contribution is 7.86. The van der Waals surface area contributed by atoms with Gasteiger partial charge in [-0.25, -0.2) is 0 Å². The standard InChI is InChI=1S/C26H26N6O10S3/c1-28-42-20-6-5-14(43)9-17(20)29-30-18-11-22(40-3)19(12-21(18)39-2)31-32-25-24(45(36,37)38)8-13-7-23(44(33,34)35)16(27)10-15(13)26(25)41-4/h5-12,28,43H,27H2,1-4H3,(H,33,34,35)(H,36,37,38). The number of benzene rings is 4. The van der Waals surface area contributed by atoms with Crippen molar-refractivity contribution in [2.75, 3.05) is 34.1 Å². The lowest BCUT2D eigenvalue weighted by molar-refractivity contribution is 0.224. The summed E-state index contributed by atoms with van der Waals surface area (Å²) in [6.07, 6.45) is 0. The molecule has 4 aromatic carbocycles. The molecule has 0 aliphatic heterocycles. The van der Waals surface area contributed by atoms with E-state index in [-0.39, 0.29) is 45.1 Å². The Kier molecular flexibility index (Phi) is 9.80. The Hall–Kier alpha value is -4.53. The summed E-state index contributed by atoms with van der Waals surface area (Å²) in [6.45, 7) is 0. The maximum absolute atomic E-state index is 12.4. The minimum absolute atomic E-state index is 0.0505. The molecular weight excluding hydrogens is 653 g/mol. The van der Waals surface area contributed by atoms with Gasteiger partial charge in [0.15, 0.2) is 11.5 Å². The van der Waals surface area contributed by atoms with E-state index in [2.05, 4.69) is 38.6 Å². The van der Waals surface area contributed by atoms with Crippen molar-refractivity contribution in [2.24, 2.45) is 20.5 Å². The van der Waals surface area contributed by atoms with Crippen molar-refractivity contribution < 1.29 is 45.0 Å². The summed E-state index contributed by atoms with van der Waals surface area (Å²) in [5.74, 6) is 0.459. The van der Waals surface area contributed by atoms with E-state index in [0.717, 1.165) is 18.2 Å². The number of methoxy groups -OCH3 is 3. The highest BCUT2D eigenvalue weighted by atomic mass is 32.2. The second kappa shape index (κ2) is 13.2. The van der Waals surface area contributed by atoms with E-state index >= 15 is 0 Å². The molecule has 4 aromatic rings. The second-order valence-corrected chi connectivity index (χ2v) is 12.2. The molecule has 16 nitrogen and oxygen atoms in total. The monoisotopic (exact) mass is 678 g/mol. The first kappa shape index (κ1) is 33.4. The molecule has 0 spiro atoms. The number of azo groups is 2. The van der Waals surface area contributed by atoms with Gasteiger partial charge in [0.2, 0.25) is 0 Å². The van der Waals surface area contributed by atoms with Crippen molar-refractivity contribution in [1.82, 2.24) is 5.48 Å². The minimum atomic E-state index is -4.98. The molecular formula is C26H26N6O10S3. The molecule has 45 heavy (non-hydrogen) atoms. The largest absolute Gasteiger partial charge is 0.494 e. The topological polar surface area (TPSA) is 233 Å². The van der Waals surface area contributed by atoms with Crippen LogP contribution in [0.4, 0.5) is 28.4 Å². The highest BCUT2D eigenvalue weighted by Crippen LogP contribution is 2.46. The third-order valence-electron chi connectivity index (χ3n) is 6.08. The number of rotatable bonds is 11. The van der Waals surface area contributed by atoms with Crippen LogP contribution in [0.3, 0.4) is 0 Å². The molecule has 4 rings (SSSR count). The average Bonchev–Trinajstić information content (AvgIpc) is 2.98. The van der Waals surface area contributed by atoms with E-state index in [1.807, 2.05) is 0 Å². The molecule has 19 heteroatoms. The molecule has 238 valence electrons. The molecule has 0 atom stereocenters. The number of anilines is 1. The van der Waals surface area contributed by atoms with Crippen LogP contribution in [0.1, 0.15) is 0 Å². The van der Waals surface area contributed by atoms with Crippen LogP contribution in [0.2, 0.25) is 0 Å². The van der Waals surface area contributed by atoms with E-state index in [4.69, 9.17) is 24.8 Å². The lowest BCUT2D eigenvalue weighted by Crippen LogP contribution is -2.10. The van der Waals surface area contributed by atoms with Crippen molar-refractivity contribution in [3.8, 4) is 23.0 Å². The van der Waals surface area contributed by atoms with Gasteiger partial charge in [0.1, 0.15) is 44.0 Å². The SMILES string of the molecule is CNOc1ccc(S)cc1N=Nc1cc(OC)c(N=Nc2c(S(=O)(=O)O)cc3cc(S(=O)(=O)O)c(N)cc3c2OC)cc1OC. The normalized spacial score (nSPS) is 12.2. The summed E-state index contributed by atoms with van der Waals surface area (Å²) in [5.41, 5.74) is 8.23. The third kappa shape index (κ3) is 7.24.